The quantitative estimate of drug-likeness (QED) is 0.395. The van der Waals surface area contributed by atoms with Crippen LogP contribution in [-0.4, -0.2) is 54.3 Å². The normalized spacial score (nSPS) is 10.6. The lowest BCUT2D eigenvalue weighted by Gasteiger charge is -2.19. The van der Waals surface area contributed by atoms with Crippen LogP contribution in [0.25, 0.3) is 0 Å². The summed E-state index contributed by atoms with van der Waals surface area (Å²) in [5.74, 6) is -1.43. The Balaban J connectivity index is 2.33. The highest BCUT2D eigenvalue weighted by atomic mass is 16.6. The topological polar surface area (TPSA) is 146 Å². The average Bonchev–Trinajstić information content (AvgIpc) is 2.59. The van der Waals surface area contributed by atoms with Gasteiger partial charge in [-0.1, -0.05) is 6.07 Å². The second-order valence-electron chi connectivity index (χ2n) is 7.14. The second kappa shape index (κ2) is 11.5. The molecular formula is C19H28N4O6. The van der Waals surface area contributed by atoms with Crippen LogP contribution in [0.15, 0.2) is 24.3 Å². The number of aliphatic carboxylic acids is 1. The summed E-state index contributed by atoms with van der Waals surface area (Å²) in [4.78, 5) is 45.9. The van der Waals surface area contributed by atoms with E-state index < -0.39 is 29.6 Å². The van der Waals surface area contributed by atoms with Crippen molar-refractivity contribution in [2.45, 2.75) is 39.2 Å². The van der Waals surface area contributed by atoms with Crippen molar-refractivity contribution in [3.8, 4) is 0 Å². The zero-order valence-electron chi connectivity index (χ0n) is 16.8. The molecule has 5 N–H and O–H groups in total. The monoisotopic (exact) mass is 408 g/mol. The van der Waals surface area contributed by atoms with Crippen LogP contribution in [0, 0.1) is 0 Å². The third-order valence-electron chi connectivity index (χ3n) is 3.31. The lowest BCUT2D eigenvalue weighted by molar-refractivity contribution is -0.136. The summed E-state index contributed by atoms with van der Waals surface area (Å²) in [5.41, 5.74) is 0.152. The first-order valence-corrected chi connectivity index (χ1v) is 9.18. The number of carbonyl (C=O) groups is 4. The molecule has 0 aliphatic heterocycles. The van der Waals surface area contributed by atoms with Gasteiger partial charge in [-0.15, -0.1) is 0 Å². The third kappa shape index (κ3) is 11.2. The van der Waals surface area contributed by atoms with Crippen molar-refractivity contribution < 1.29 is 29.0 Å². The van der Waals surface area contributed by atoms with Crippen molar-refractivity contribution in [2.24, 2.45) is 0 Å². The Hall–Kier alpha value is -3.30. The van der Waals surface area contributed by atoms with E-state index in [4.69, 9.17) is 9.84 Å². The molecule has 0 saturated carbocycles. The lowest BCUT2D eigenvalue weighted by Crippen LogP contribution is -2.35. The molecule has 0 bridgehead atoms. The van der Waals surface area contributed by atoms with Gasteiger partial charge in [-0.3, -0.25) is 9.59 Å². The van der Waals surface area contributed by atoms with E-state index in [9.17, 15) is 19.2 Å². The van der Waals surface area contributed by atoms with Crippen LogP contribution in [0.2, 0.25) is 0 Å². The molecule has 0 saturated heterocycles. The number of anilines is 1. The molecule has 10 nitrogen and oxygen atoms in total. The van der Waals surface area contributed by atoms with Gasteiger partial charge >= 0.3 is 18.1 Å². The number of rotatable bonds is 9. The van der Waals surface area contributed by atoms with Gasteiger partial charge in [0, 0.05) is 30.9 Å². The number of alkyl carbamates (subject to hydrolysis) is 1. The van der Waals surface area contributed by atoms with Gasteiger partial charge in [0.25, 0.3) is 5.91 Å². The van der Waals surface area contributed by atoms with Crippen molar-refractivity contribution in [2.75, 3.05) is 25.0 Å². The maximum Gasteiger partial charge on any atom is 0.407 e. The summed E-state index contributed by atoms with van der Waals surface area (Å²) in [5, 5.41) is 18.9. The van der Waals surface area contributed by atoms with Gasteiger partial charge in [-0.2, -0.15) is 0 Å². The number of carbonyl (C=O) groups excluding carboxylic acids is 3. The molecule has 0 radical (unpaired) electrons. The Labute approximate surface area is 169 Å². The average molecular weight is 408 g/mol. The van der Waals surface area contributed by atoms with Crippen molar-refractivity contribution in [3.63, 3.8) is 0 Å². The minimum Gasteiger partial charge on any atom is -0.481 e. The van der Waals surface area contributed by atoms with Crippen molar-refractivity contribution in [3.05, 3.63) is 29.8 Å². The Bertz CT molecular complexity index is 730. The number of carboxylic acids is 1. The lowest BCUT2D eigenvalue weighted by atomic mass is 10.2. The molecule has 1 aromatic rings. The highest BCUT2D eigenvalue weighted by molar-refractivity contribution is 5.97. The van der Waals surface area contributed by atoms with E-state index in [1.165, 1.54) is 6.07 Å². The van der Waals surface area contributed by atoms with Crippen molar-refractivity contribution in [1.29, 1.82) is 0 Å². The van der Waals surface area contributed by atoms with E-state index in [1.54, 1.807) is 39.0 Å². The fraction of sp³-hybridized carbons (Fsp3) is 0.474. The summed E-state index contributed by atoms with van der Waals surface area (Å²) in [6.45, 7) is 6.01. The van der Waals surface area contributed by atoms with E-state index >= 15 is 0 Å². The van der Waals surface area contributed by atoms with Gasteiger partial charge in [0.1, 0.15) is 5.60 Å². The molecule has 0 fully saturated rings. The fourth-order valence-corrected chi connectivity index (χ4v) is 2.09. The molecule has 1 aromatic carbocycles. The minimum absolute atomic E-state index is 0.0175. The summed E-state index contributed by atoms with van der Waals surface area (Å²) >= 11 is 0. The minimum atomic E-state index is -1.00. The van der Waals surface area contributed by atoms with Crippen LogP contribution in [0.5, 0.6) is 0 Å². The molecule has 0 aliphatic carbocycles. The summed E-state index contributed by atoms with van der Waals surface area (Å²) in [6, 6.07) is 5.82. The first kappa shape index (κ1) is 23.7. The maximum absolute atomic E-state index is 12.0. The molecular weight excluding hydrogens is 380 g/mol. The maximum atomic E-state index is 12.0. The number of urea groups is 1. The Morgan fingerprint density at radius 3 is 2.34 bits per heavy atom. The van der Waals surface area contributed by atoms with E-state index in [2.05, 4.69) is 21.3 Å². The number of hydrogen-bond donors (Lipinski definition) is 5. The molecule has 0 atom stereocenters. The van der Waals surface area contributed by atoms with Gasteiger partial charge in [0.2, 0.25) is 0 Å². The number of amides is 4. The highest BCUT2D eigenvalue weighted by Gasteiger charge is 2.15. The third-order valence-corrected chi connectivity index (χ3v) is 3.31. The summed E-state index contributed by atoms with van der Waals surface area (Å²) < 4.78 is 5.10. The zero-order chi connectivity index (χ0) is 21.9. The summed E-state index contributed by atoms with van der Waals surface area (Å²) in [6.07, 6.45) is -0.173. The predicted octanol–water partition coefficient (Wildman–Crippen LogP) is 1.93. The molecule has 0 heterocycles. The van der Waals surface area contributed by atoms with E-state index in [0.717, 1.165) is 0 Å². The predicted molar refractivity (Wildman–Crippen MR) is 107 cm³/mol. The van der Waals surface area contributed by atoms with Crippen molar-refractivity contribution in [1.82, 2.24) is 16.0 Å². The van der Waals surface area contributed by atoms with Crippen LogP contribution >= 0.6 is 0 Å². The molecule has 0 unspecified atom stereocenters. The van der Waals surface area contributed by atoms with Gasteiger partial charge in [-0.05, 0) is 45.4 Å². The number of nitrogens with one attached hydrogen (secondary N) is 4. The Morgan fingerprint density at radius 1 is 1.00 bits per heavy atom. The number of ether oxygens (including phenoxy) is 1. The van der Waals surface area contributed by atoms with E-state index in [-0.39, 0.29) is 13.0 Å². The smallest absolute Gasteiger partial charge is 0.407 e. The molecule has 0 spiro atoms. The highest BCUT2D eigenvalue weighted by Crippen LogP contribution is 2.10. The van der Waals surface area contributed by atoms with Gasteiger partial charge in [-0.25, -0.2) is 9.59 Å². The second-order valence-corrected chi connectivity index (χ2v) is 7.14. The molecule has 1 rings (SSSR count). The standard InChI is InChI=1S/C19H28N4O6/c1-19(2,3)29-18(28)22-10-5-9-21-17(27)23-14-7-4-6-13(12-14)16(26)20-11-8-15(24)25/h4,6-7,12H,5,8-11H2,1-3H3,(H,20,26)(H,22,28)(H,24,25)(H2,21,23,27). The van der Waals surface area contributed by atoms with Crippen LogP contribution < -0.4 is 21.3 Å². The SMILES string of the molecule is CC(C)(C)OC(=O)NCCCNC(=O)Nc1cccc(C(=O)NCCC(=O)O)c1. The largest absolute Gasteiger partial charge is 0.481 e. The van der Waals surface area contributed by atoms with Gasteiger partial charge < -0.3 is 31.1 Å². The van der Waals surface area contributed by atoms with Crippen LogP contribution in [0.3, 0.4) is 0 Å². The molecule has 29 heavy (non-hydrogen) atoms. The van der Waals surface area contributed by atoms with Crippen LogP contribution in [0.4, 0.5) is 15.3 Å². The summed E-state index contributed by atoms with van der Waals surface area (Å²) in [7, 11) is 0. The Morgan fingerprint density at radius 2 is 1.69 bits per heavy atom. The number of hydrogen-bond acceptors (Lipinski definition) is 5. The number of benzene rings is 1. The zero-order valence-corrected chi connectivity index (χ0v) is 16.8. The van der Waals surface area contributed by atoms with Gasteiger partial charge in [0.05, 0.1) is 6.42 Å². The molecule has 0 aliphatic rings. The Kier molecular flexibility index (Phi) is 9.43. The van der Waals surface area contributed by atoms with Crippen molar-refractivity contribution >= 4 is 29.7 Å². The fourth-order valence-electron chi connectivity index (χ4n) is 2.09. The first-order chi connectivity index (χ1) is 13.6. The van der Waals surface area contributed by atoms with Crippen LogP contribution in [-0.2, 0) is 9.53 Å². The molecule has 10 heteroatoms. The molecule has 0 aromatic heterocycles. The first-order valence-electron chi connectivity index (χ1n) is 9.18. The number of carboxylic acid groups (broad SMARTS) is 1. The van der Waals surface area contributed by atoms with E-state index in [1.807, 2.05) is 0 Å². The van der Waals surface area contributed by atoms with E-state index in [0.29, 0.717) is 30.8 Å². The van der Waals surface area contributed by atoms with Gasteiger partial charge in [0.15, 0.2) is 0 Å². The molecule has 160 valence electrons. The van der Waals surface area contributed by atoms with Crippen LogP contribution in [0.1, 0.15) is 44.0 Å². The molecule has 4 amide bonds.